The van der Waals surface area contributed by atoms with Crippen molar-refractivity contribution < 1.29 is 18.1 Å². The number of rotatable bonds is 7. The molecule has 0 aliphatic heterocycles. The number of carbonyl (C=O) groups is 1. The second-order valence-electron chi connectivity index (χ2n) is 6.30. The lowest BCUT2D eigenvalue weighted by molar-refractivity contribution is 0.0951. The molecule has 1 N–H and O–H groups in total. The molecule has 0 bridgehead atoms. The fourth-order valence-electron chi connectivity index (χ4n) is 2.64. The summed E-state index contributed by atoms with van der Waals surface area (Å²) in [5.41, 5.74) is 2.33. The van der Waals surface area contributed by atoms with Crippen molar-refractivity contribution in [2.24, 2.45) is 0 Å². The highest BCUT2D eigenvalue weighted by Crippen LogP contribution is 2.21. The Hall–Kier alpha value is -2.99. The van der Waals surface area contributed by atoms with Crippen molar-refractivity contribution in [1.82, 2.24) is 5.32 Å². The van der Waals surface area contributed by atoms with Crippen molar-refractivity contribution in [3.8, 4) is 11.5 Å². The van der Waals surface area contributed by atoms with Gasteiger partial charge in [-0.3, -0.25) is 9.00 Å². The minimum Gasteiger partial charge on any atom is -0.457 e. The summed E-state index contributed by atoms with van der Waals surface area (Å²) in [5, 5.41) is 2.87. The Balaban J connectivity index is 1.56. The van der Waals surface area contributed by atoms with Gasteiger partial charge in [0.25, 0.3) is 5.91 Å². The van der Waals surface area contributed by atoms with E-state index in [2.05, 4.69) is 5.32 Å². The fourth-order valence-corrected chi connectivity index (χ4v) is 3.28. The molecule has 0 aliphatic rings. The topological polar surface area (TPSA) is 55.4 Å². The number of benzene rings is 3. The van der Waals surface area contributed by atoms with Gasteiger partial charge in [0, 0.05) is 34.9 Å². The standard InChI is InChI=1S/C22H20FNO3S/c1-28(26)15-17-3-2-4-18(13-17)22(25)24-14-16-5-9-20(10-6-16)27-21-11-7-19(23)8-12-21/h2-13H,14-15H2,1H3,(H,24,25). The Morgan fingerprint density at radius 2 is 1.61 bits per heavy atom. The van der Waals surface area contributed by atoms with Crippen LogP contribution in [0.15, 0.2) is 72.8 Å². The van der Waals surface area contributed by atoms with Gasteiger partial charge < -0.3 is 10.1 Å². The number of hydrogen-bond donors (Lipinski definition) is 1. The summed E-state index contributed by atoms with van der Waals surface area (Å²) in [6.45, 7) is 0.375. The van der Waals surface area contributed by atoms with Crippen LogP contribution < -0.4 is 10.1 Å². The molecule has 6 heteroatoms. The van der Waals surface area contributed by atoms with Gasteiger partial charge in [-0.05, 0) is 59.7 Å². The van der Waals surface area contributed by atoms with Gasteiger partial charge in [-0.1, -0.05) is 24.3 Å². The summed E-state index contributed by atoms with van der Waals surface area (Å²) in [4.78, 5) is 12.3. The third kappa shape index (κ3) is 5.76. The average molecular weight is 397 g/mol. The van der Waals surface area contributed by atoms with E-state index in [1.54, 1.807) is 48.7 Å². The molecule has 4 nitrogen and oxygen atoms in total. The second kappa shape index (κ2) is 9.28. The molecule has 0 spiro atoms. The van der Waals surface area contributed by atoms with Crippen LogP contribution in [0.4, 0.5) is 4.39 Å². The first kappa shape index (κ1) is 19.8. The highest BCUT2D eigenvalue weighted by Gasteiger charge is 2.07. The van der Waals surface area contributed by atoms with E-state index in [1.165, 1.54) is 12.1 Å². The van der Waals surface area contributed by atoms with Crippen LogP contribution >= 0.6 is 0 Å². The number of halogens is 1. The van der Waals surface area contributed by atoms with Crippen LogP contribution in [0.2, 0.25) is 0 Å². The molecule has 0 aromatic heterocycles. The molecule has 28 heavy (non-hydrogen) atoms. The minimum atomic E-state index is -0.952. The van der Waals surface area contributed by atoms with E-state index >= 15 is 0 Å². The van der Waals surface area contributed by atoms with Gasteiger partial charge >= 0.3 is 0 Å². The molecule has 1 atom stereocenters. The third-order valence-electron chi connectivity index (χ3n) is 3.98. The molecule has 0 saturated heterocycles. The number of carbonyl (C=O) groups excluding carboxylic acids is 1. The largest absolute Gasteiger partial charge is 0.457 e. The summed E-state index contributed by atoms with van der Waals surface area (Å²) in [6.07, 6.45) is 1.64. The molecule has 0 saturated carbocycles. The van der Waals surface area contributed by atoms with Crippen LogP contribution in [0.3, 0.4) is 0 Å². The maximum atomic E-state index is 12.9. The average Bonchev–Trinajstić information content (AvgIpc) is 2.69. The van der Waals surface area contributed by atoms with E-state index in [0.717, 1.165) is 11.1 Å². The van der Waals surface area contributed by atoms with Crippen LogP contribution in [0.5, 0.6) is 11.5 Å². The van der Waals surface area contributed by atoms with Crippen molar-refractivity contribution in [1.29, 1.82) is 0 Å². The lowest BCUT2D eigenvalue weighted by Gasteiger charge is -2.09. The summed E-state index contributed by atoms with van der Waals surface area (Å²) in [7, 11) is -0.952. The Morgan fingerprint density at radius 3 is 2.25 bits per heavy atom. The first-order valence-corrected chi connectivity index (χ1v) is 10.4. The molecule has 1 amide bonds. The maximum Gasteiger partial charge on any atom is 0.251 e. The highest BCUT2D eigenvalue weighted by molar-refractivity contribution is 7.83. The molecular weight excluding hydrogens is 377 g/mol. The van der Waals surface area contributed by atoms with Crippen molar-refractivity contribution in [3.63, 3.8) is 0 Å². The second-order valence-corrected chi connectivity index (χ2v) is 7.74. The van der Waals surface area contributed by atoms with E-state index in [-0.39, 0.29) is 11.7 Å². The van der Waals surface area contributed by atoms with Crippen molar-refractivity contribution in [2.45, 2.75) is 12.3 Å². The zero-order chi connectivity index (χ0) is 19.9. The SMILES string of the molecule is CS(=O)Cc1cccc(C(=O)NCc2ccc(Oc3ccc(F)cc3)cc2)c1. The van der Waals surface area contributed by atoms with Gasteiger partial charge in [-0.2, -0.15) is 0 Å². The van der Waals surface area contributed by atoms with Gasteiger partial charge in [0.05, 0.1) is 0 Å². The van der Waals surface area contributed by atoms with Crippen LogP contribution in [0.25, 0.3) is 0 Å². The van der Waals surface area contributed by atoms with E-state index in [4.69, 9.17) is 4.74 Å². The van der Waals surface area contributed by atoms with Crippen LogP contribution in [0, 0.1) is 5.82 Å². The number of amides is 1. The van der Waals surface area contributed by atoms with E-state index in [1.807, 2.05) is 18.2 Å². The Bertz CT molecular complexity index is 972. The van der Waals surface area contributed by atoms with Crippen LogP contribution in [-0.4, -0.2) is 16.4 Å². The van der Waals surface area contributed by atoms with Crippen LogP contribution in [-0.2, 0) is 23.1 Å². The Labute approximate surface area is 165 Å². The molecule has 3 aromatic rings. The van der Waals surface area contributed by atoms with E-state index in [9.17, 15) is 13.4 Å². The maximum absolute atomic E-state index is 12.9. The minimum absolute atomic E-state index is 0.185. The quantitative estimate of drug-likeness (QED) is 0.642. The summed E-state index contributed by atoms with van der Waals surface area (Å²) >= 11 is 0. The van der Waals surface area contributed by atoms with Gasteiger partial charge in [0.1, 0.15) is 17.3 Å². The molecule has 1 unspecified atom stereocenters. The van der Waals surface area contributed by atoms with Gasteiger partial charge in [-0.15, -0.1) is 0 Å². The highest BCUT2D eigenvalue weighted by atomic mass is 32.2. The van der Waals surface area contributed by atoms with E-state index in [0.29, 0.717) is 29.4 Å². The van der Waals surface area contributed by atoms with Gasteiger partial charge in [0.15, 0.2) is 0 Å². The third-order valence-corrected chi connectivity index (χ3v) is 4.72. The Morgan fingerprint density at radius 1 is 0.964 bits per heavy atom. The molecule has 3 aromatic carbocycles. The van der Waals surface area contributed by atoms with Gasteiger partial charge in [-0.25, -0.2) is 4.39 Å². The molecule has 0 fully saturated rings. The summed E-state index contributed by atoms with van der Waals surface area (Å²) in [6, 6.07) is 20.2. The molecule has 3 rings (SSSR count). The van der Waals surface area contributed by atoms with Crippen molar-refractivity contribution >= 4 is 16.7 Å². The van der Waals surface area contributed by atoms with Crippen LogP contribution in [0.1, 0.15) is 21.5 Å². The van der Waals surface area contributed by atoms with E-state index < -0.39 is 10.8 Å². The molecular formula is C22H20FNO3S. The smallest absolute Gasteiger partial charge is 0.251 e. The monoisotopic (exact) mass is 397 g/mol. The first-order valence-electron chi connectivity index (χ1n) is 8.69. The molecule has 144 valence electrons. The summed E-state index contributed by atoms with van der Waals surface area (Å²) < 4.78 is 29.9. The normalized spacial score (nSPS) is 11.6. The summed E-state index contributed by atoms with van der Waals surface area (Å²) in [5.74, 6) is 1.11. The number of nitrogens with one attached hydrogen (secondary N) is 1. The fraction of sp³-hybridized carbons (Fsp3) is 0.136. The Kier molecular flexibility index (Phi) is 6.55. The van der Waals surface area contributed by atoms with Crippen molar-refractivity contribution in [2.75, 3.05) is 6.26 Å². The lowest BCUT2D eigenvalue weighted by Crippen LogP contribution is -2.22. The molecule has 0 aliphatic carbocycles. The zero-order valence-corrected chi connectivity index (χ0v) is 16.2. The predicted octanol–water partition coefficient (Wildman–Crippen LogP) is 4.43. The number of hydrogen-bond acceptors (Lipinski definition) is 3. The van der Waals surface area contributed by atoms with Crippen molar-refractivity contribution in [3.05, 3.63) is 95.3 Å². The molecule has 0 radical (unpaired) electrons. The predicted molar refractivity (Wildman–Crippen MR) is 108 cm³/mol. The first-order chi connectivity index (χ1) is 13.5. The van der Waals surface area contributed by atoms with Gasteiger partial charge in [0.2, 0.25) is 0 Å². The zero-order valence-electron chi connectivity index (χ0n) is 15.4. The lowest BCUT2D eigenvalue weighted by atomic mass is 10.1. The molecule has 0 heterocycles. The number of ether oxygens (including phenoxy) is 1.